The zero-order valence-electron chi connectivity index (χ0n) is 19.5. The predicted octanol–water partition coefficient (Wildman–Crippen LogP) is 4.71. The van der Waals surface area contributed by atoms with Crippen LogP contribution in [0, 0.1) is 0 Å². The fourth-order valence-electron chi connectivity index (χ4n) is 3.84. The molecule has 0 aliphatic heterocycles. The molecule has 9 nitrogen and oxygen atoms in total. The van der Waals surface area contributed by atoms with E-state index in [0.717, 1.165) is 32.3 Å². The summed E-state index contributed by atoms with van der Waals surface area (Å²) in [5, 5.41) is 17.7. The van der Waals surface area contributed by atoms with E-state index in [1.807, 2.05) is 42.5 Å². The van der Waals surface area contributed by atoms with Gasteiger partial charge in [0.1, 0.15) is 11.4 Å². The molecule has 0 bridgehead atoms. The fraction of sp³-hybridized carbons (Fsp3) is 0.154. The Balaban J connectivity index is 2.02. The van der Waals surface area contributed by atoms with Crippen LogP contribution in [0.15, 0.2) is 70.1 Å². The van der Waals surface area contributed by atoms with Crippen molar-refractivity contribution in [1.29, 1.82) is 0 Å². The molecule has 0 fully saturated rings. The molecule has 0 aliphatic rings. The van der Waals surface area contributed by atoms with Crippen molar-refractivity contribution in [2.24, 2.45) is 15.5 Å². The molecule has 4 aromatic carbocycles. The van der Waals surface area contributed by atoms with Crippen LogP contribution in [0.5, 0.6) is 0 Å². The second kappa shape index (κ2) is 9.68. The first-order valence-corrected chi connectivity index (χ1v) is 10.7. The summed E-state index contributed by atoms with van der Waals surface area (Å²) >= 11 is 0. The smallest absolute Gasteiger partial charge is 0.318 e. The lowest BCUT2D eigenvalue weighted by atomic mass is 9.89. The van der Waals surface area contributed by atoms with Crippen LogP contribution in [-0.2, 0) is 28.9 Å². The van der Waals surface area contributed by atoms with Gasteiger partial charge < -0.3 is 14.5 Å². The number of nitrogens with zero attached hydrogens (tertiary/aromatic N) is 3. The molecule has 0 atom stereocenters. The first kappa shape index (κ1) is 23.5. The van der Waals surface area contributed by atoms with E-state index in [4.69, 9.17) is 14.5 Å². The summed E-state index contributed by atoms with van der Waals surface area (Å²) in [6.07, 6.45) is 0. The molecule has 0 amide bonds. The van der Waals surface area contributed by atoms with Gasteiger partial charge in [0.15, 0.2) is 5.71 Å². The SMILES string of the molecule is CC(=O)O/N=C(C)/C(=N\OC(C)=O)C(=N/OC(C)=O)/c1ccc2ccc3cccc4ccc1c2c34. The Morgan fingerprint density at radius 3 is 1.74 bits per heavy atom. The molecule has 0 heterocycles. The highest BCUT2D eigenvalue weighted by atomic mass is 16.7. The van der Waals surface area contributed by atoms with Gasteiger partial charge in [-0.1, -0.05) is 70.1 Å². The van der Waals surface area contributed by atoms with E-state index < -0.39 is 17.9 Å². The van der Waals surface area contributed by atoms with Crippen LogP contribution in [0.2, 0.25) is 0 Å². The van der Waals surface area contributed by atoms with Gasteiger partial charge in [-0.2, -0.15) is 0 Å². The van der Waals surface area contributed by atoms with Crippen LogP contribution >= 0.6 is 0 Å². The summed E-state index contributed by atoms with van der Waals surface area (Å²) < 4.78 is 0. The molecule has 0 N–H and O–H groups in total. The molecular formula is C26H21N3O6. The minimum Gasteiger partial charge on any atom is -0.318 e. The van der Waals surface area contributed by atoms with Gasteiger partial charge in [-0.15, -0.1) is 0 Å². The molecule has 0 saturated heterocycles. The van der Waals surface area contributed by atoms with Crippen LogP contribution < -0.4 is 0 Å². The highest BCUT2D eigenvalue weighted by Gasteiger charge is 2.23. The predicted molar refractivity (Wildman–Crippen MR) is 133 cm³/mol. The van der Waals surface area contributed by atoms with Gasteiger partial charge >= 0.3 is 17.9 Å². The van der Waals surface area contributed by atoms with Crippen molar-refractivity contribution in [1.82, 2.24) is 0 Å². The van der Waals surface area contributed by atoms with Crippen molar-refractivity contribution in [2.45, 2.75) is 27.7 Å². The summed E-state index contributed by atoms with van der Waals surface area (Å²) in [7, 11) is 0. The molecule has 0 saturated carbocycles. The summed E-state index contributed by atoms with van der Waals surface area (Å²) in [6.45, 7) is 5.06. The molecule has 0 aliphatic carbocycles. The largest absolute Gasteiger partial charge is 0.332 e. The number of hydrogen-bond acceptors (Lipinski definition) is 9. The minimum absolute atomic E-state index is 0.0577. The summed E-state index contributed by atoms with van der Waals surface area (Å²) in [5.74, 6) is -2.01. The third kappa shape index (κ3) is 4.84. The zero-order valence-corrected chi connectivity index (χ0v) is 19.5. The monoisotopic (exact) mass is 471 g/mol. The van der Waals surface area contributed by atoms with E-state index in [1.54, 1.807) is 6.07 Å². The third-order valence-corrected chi connectivity index (χ3v) is 5.19. The van der Waals surface area contributed by atoms with E-state index in [-0.39, 0.29) is 17.1 Å². The quantitative estimate of drug-likeness (QED) is 0.174. The average Bonchev–Trinajstić information content (AvgIpc) is 2.83. The first-order valence-electron chi connectivity index (χ1n) is 10.7. The van der Waals surface area contributed by atoms with Crippen molar-refractivity contribution in [3.8, 4) is 0 Å². The van der Waals surface area contributed by atoms with Gasteiger partial charge in [0.25, 0.3) is 0 Å². The Hall–Kier alpha value is -4.66. The molecule has 4 rings (SSSR count). The van der Waals surface area contributed by atoms with Gasteiger partial charge in [0.05, 0.1) is 0 Å². The van der Waals surface area contributed by atoms with Crippen molar-refractivity contribution in [3.05, 3.63) is 60.2 Å². The Morgan fingerprint density at radius 2 is 1.11 bits per heavy atom. The topological polar surface area (TPSA) is 116 Å². The number of carbonyl (C=O) groups excluding carboxylic acids is 3. The Bertz CT molecular complexity index is 1550. The number of carbonyl (C=O) groups is 3. The molecule has 9 heteroatoms. The molecule has 0 unspecified atom stereocenters. The Kier molecular flexibility index (Phi) is 6.50. The molecule has 0 aromatic heterocycles. The van der Waals surface area contributed by atoms with E-state index in [1.165, 1.54) is 27.7 Å². The van der Waals surface area contributed by atoms with Gasteiger partial charge in [-0.05, 0) is 39.2 Å². The minimum atomic E-state index is -0.690. The van der Waals surface area contributed by atoms with Gasteiger partial charge in [0.2, 0.25) is 0 Å². The van der Waals surface area contributed by atoms with Crippen LogP contribution in [-0.4, -0.2) is 35.0 Å². The molecular weight excluding hydrogens is 450 g/mol. The van der Waals surface area contributed by atoms with E-state index >= 15 is 0 Å². The van der Waals surface area contributed by atoms with Gasteiger partial charge in [-0.3, -0.25) is 0 Å². The van der Waals surface area contributed by atoms with Gasteiger partial charge in [0, 0.05) is 26.3 Å². The Morgan fingerprint density at radius 1 is 0.600 bits per heavy atom. The third-order valence-electron chi connectivity index (χ3n) is 5.19. The van der Waals surface area contributed by atoms with Crippen molar-refractivity contribution in [3.63, 3.8) is 0 Å². The van der Waals surface area contributed by atoms with Crippen molar-refractivity contribution in [2.75, 3.05) is 0 Å². The fourth-order valence-corrected chi connectivity index (χ4v) is 3.84. The lowest BCUT2D eigenvalue weighted by molar-refractivity contribution is -0.142. The van der Waals surface area contributed by atoms with Crippen LogP contribution in [0.3, 0.4) is 0 Å². The molecule has 0 spiro atoms. The lowest BCUT2D eigenvalue weighted by Gasteiger charge is -2.15. The van der Waals surface area contributed by atoms with Crippen LogP contribution in [0.1, 0.15) is 33.3 Å². The van der Waals surface area contributed by atoms with Gasteiger partial charge in [-0.25, -0.2) is 14.4 Å². The molecule has 0 radical (unpaired) electrons. The summed E-state index contributed by atoms with van der Waals surface area (Å²) in [5.41, 5.74) is 0.615. The van der Waals surface area contributed by atoms with E-state index in [0.29, 0.717) is 5.56 Å². The number of hydrogen-bond donors (Lipinski definition) is 0. The van der Waals surface area contributed by atoms with Crippen LogP contribution in [0.25, 0.3) is 32.3 Å². The molecule has 35 heavy (non-hydrogen) atoms. The highest BCUT2D eigenvalue weighted by molar-refractivity contribution is 6.72. The number of rotatable bonds is 6. The maximum Gasteiger partial charge on any atom is 0.332 e. The standard InChI is InChI=1S/C26H21N3O6/c1-14(27-33-15(2)30)25(28-34-16(3)31)26(29-35-17(4)32)22-13-11-20-9-8-18-6-5-7-19-10-12-21(22)24(20)23(18)19/h5-13H,1-4H3/b27-14+,28-25+,29-26+. The first-order chi connectivity index (χ1) is 16.8. The van der Waals surface area contributed by atoms with E-state index in [9.17, 15) is 14.4 Å². The van der Waals surface area contributed by atoms with Crippen LogP contribution in [0.4, 0.5) is 0 Å². The maximum absolute atomic E-state index is 11.6. The second-order valence-corrected chi connectivity index (χ2v) is 7.77. The van der Waals surface area contributed by atoms with Crippen molar-refractivity contribution < 1.29 is 28.9 Å². The second-order valence-electron chi connectivity index (χ2n) is 7.77. The number of oxime groups is 3. The van der Waals surface area contributed by atoms with Crippen molar-refractivity contribution >= 4 is 67.4 Å². The lowest BCUT2D eigenvalue weighted by Crippen LogP contribution is -2.26. The molecule has 176 valence electrons. The average molecular weight is 471 g/mol. The summed E-state index contributed by atoms with van der Waals surface area (Å²) in [4.78, 5) is 49.1. The van der Waals surface area contributed by atoms with E-state index in [2.05, 4.69) is 21.5 Å². The number of benzene rings is 4. The zero-order chi connectivity index (χ0) is 25.1. The Labute approximate surface area is 199 Å². The molecule has 4 aromatic rings. The highest BCUT2D eigenvalue weighted by Crippen LogP contribution is 2.36. The maximum atomic E-state index is 11.6. The summed E-state index contributed by atoms with van der Waals surface area (Å²) in [6, 6.07) is 17.8. The normalized spacial score (nSPS) is 12.9.